The molecule has 0 radical (unpaired) electrons. The highest BCUT2D eigenvalue weighted by molar-refractivity contribution is 8.13. The molecule has 0 aliphatic heterocycles. The number of para-hydroxylation sites is 1. The number of nitrogens with one attached hydrogen (secondary N) is 2. The van der Waals surface area contributed by atoms with Crippen molar-refractivity contribution in [1.29, 1.82) is 0 Å². The third kappa shape index (κ3) is 4.65. The second-order valence-electron chi connectivity index (χ2n) is 9.28. The summed E-state index contributed by atoms with van der Waals surface area (Å²) in [4.78, 5) is 20.2. The number of aromatic nitrogens is 2. The number of rotatable bonds is 7. The normalized spacial score (nSPS) is 18.7. The van der Waals surface area contributed by atoms with Gasteiger partial charge in [-0.25, -0.2) is 4.98 Å². The van der Waals surface area contributed by atoms with Gasteiger partial charge in [0, 0.05) is 17.9 Å². The highest BCUT2D eigenvalue weighted by Crippen LogP contribution is 2.38. The molecule has 4 N–H and O–H groups in total. The minimum Gasteiger partial charge on any atom is -0.398 e. The SMILES string of the molecule is Nc1cc2c(cc1CC(=O)SCCC1CCCCC1)CCC2Nc1cccc2[nH]cnc12. The van der Waals surface area contributed by atoms with Gasteiger partial charge in [-0.3, -0.25) is 4.79 Å². The number of carbonyl (C=O) groups is 1. The molecule has 6 heteroatoms. The van der Waals surface area contributed by atoms with Gasteiger partial charge in [0.2, 0.25) is 0 Å². The van der Waals surface area contributed by atoms with Gasteiger partial charge in [-0.15, -0.1) is 0 Å². The smallest absolute Gasteiger partial charge is 0.193 e. The van der Waals surface area contributed by atoms with Crippen LogP contribution in [0, 0.1) is 5.92 Å². The van der Waals surface area contributed by atoms with E-state index in [4.69, 9.17) is 5.73 Å². The number of aryl methyl sites for hydroxylation is 1. The van der Waals surface area contributed by atoms with Crippen LogP contribution in [0.1, 0.15) is 67.7 Å². The van der Waals surface area contributed by atoms with E-state index in [0.29, 0.717) is 6.42 Å². The van der Waals surface area contributed by atoms with Crippen LogP contribution in [0.4, 0.5) is 11.4 Å². The van der Waals surface area contributed by atoms with Gasteiger partial charge in [-0.05, 0) is 60.1 Å². The van der Waals surface area contributed by atoms with Crippen molar-refractivity contribution in [2.75, 3.05) is 16.8 Å². The minimum atomic E-state index is 0.212. The lowest BCUT2D eigenvalue weighted by Crippen LogP contribution is -2.10. The number of H-pyrrole nitrogens is 1. The van der Waals surface area contributed by atoms with Crippen molar-refractivity contribution >= 4 is 39.3 Å². The molecule has 2 aromatic carbocycles. The van der Waals surface area contributed by atoms with E-state index in [-0.39, 0.29) is 11.2 Å². The molecule has 0 bridgehead atoms. The number of benzene rings is 2. The highest BCUT2D eigenvalue weighted by Gasteiger charge is 2.25. The molecule has 32 heavy (non-hydrogen) atoms. The van der Waals surface area contributed by atoms with Crippen molar-refractivity contribution < 1.29 is 4.79 Å². The van der Waals surface area contributed by atoms with Gasteiger partial charge in [-0.2, -0.15) is 0 Å². The van der Waals surface area contributed by atoms with Gasteiger partial charge < -0.3 is 16.0 Å². The van der Waals surface area contributed by atoms with E-state index in [1.807, 2.05) is 12.1 Å². The maximum absolute atomic E-state index is 12.6. The first kappa shape index (κ1) is 21.4. The summed E-state index contributed by atoms with van der Waals surface area (Å²) in [7, 11) is 0. The number of fused-ring (bicyclic) bond motifs is 2. The monoisotopic (exact) mass is 448 g/mol. The minimum absolute atomic E-state index is 0.212. The summed E-state index contributed by atoms with van der Waals surface area (Å²) < 4.78 is 0. The number of hydrogen-bond donors (Lipinski definition) is 3. The van der Waals surface area contributed by atoms with Crippen molar-refractivity contribution in [2.24, 2.45) is 5.92 Å². The van der Waals surface area contributed by atoms with Crippen molar-refractivity contribution in [3.8, 4) is 0 Å². The molecule has 1 aromatic heterocycles. The summed E-state index contributed by atoms with van der Waals surface area (Å²) in [5.74, 6) is 1.77. The molecule has 3 aromatic rings. The molecule has 1 unspecified atom stereocenters. The number of aromatic amines is 1. The van der Waals surface area contributed by atoms with Crippen LogP contribution >= 0.6 is 11.8 Å². The summed E-state index contributed by atoms with van der Waals surface area (Å²) in [6, 6.07) is 10.6. The lowest BCUT2D eigenvalue weighted by atomic mass is 9.88. The summed E-state index contributed by atoms with van der Waals surface area (Å²) in [6.07, 6.45) is 12.1. The third-order valence-electron chi connectivity index (χ3n) is 7.11. The highest BCUT2D eigenvalue weighted by atomic mass is 32.2. The maximum Gasteiger partial charge on any atom is 0.193 e. The van der Waals surface area contributed by atoms with Crippen LogP contribution in [0.15, 0.2) is 36.7 Å². The van der Waals surface area contributed by atoms with Crippen LogP contribution in [0.25, 0.3) is 11.0 Å². The van der Waals surface area contributed by atoms with Gasteiger partial charge in [-0.1, -0.05) is 56.0 Å². The zero-order valence-corrected chi connectivity index (χ0v) is 19.3. The number of nitrogens with zero attached hydrogens (tertiary/aromatic N) is 1. The number of nitrogen functional groups attached to an aromatic ring is 1. The summed E-state index contributed by atoms with van der Waals surface area (Å²) in [6.45, 7) is 0. The van der Waals surface area contributed by atoms with Crippen LogP contribution in [0.5, 0.6) is 0 Å². The molecule has 2 aliphatic carbocycles. The zero-order chi connectivity index (χ0) is 21.9. The van der Waals surface area contributed by atoms with Crippen molar-refractivity contribution in [3.05, 3.63) is 53.3 Å². The first-order valence-corrected chi connectivity index (χ1v) is 12.9. The Kier molecular flexibility index (Phi) is 6.39. The van der Waals surface area contributed by atoms with Gasteiger partial charge in [0.1, 0.15) is 5.52 Å². The van der Waals surface area contributed by atoms with E-state index in [2.05, 4.69) is 33.5 Å². The first-order valence-electron chi connectivity index (χ1n) is 11.9. The molecule has 5 nitrogen and oxygen atoms in total. The van der Waals surface area contributed by atoms with Crippen molar-refractivity contribution in [3.63, 3.8) is 0 Å². The number of anilines is 2. The molecule has 1 saturated carbocycles. The van der Waals surface area contributed by atoms with E-state index in [0.717, 1.165) is 52.5 Å². The van der Waals surface area contributed by atoms with Crippen LogP contribution in [0.3, 0.4) is 0 Å². The number of thioether (sulfide) groups is 1. The quantitative estimate of drug-likeness (QED) is 0.385. The Morgan fingerprint density at radius 1 is 1.19 bits per heavy atom. The topological polar surface area (TPSA) is 83.8 Å². The van der Waals surface area contributed by atoms with E-state index >= 15 is 0 Å². The largest absolute Gasteiger partial charge is 0.398 e. The second kappa shape index (κ2) is 9.57. The average molecular weight is 449 g/mol. The van der Waals surface area contributed by atoms with E-state index in [1.165, 1.54) is 61.4 Å². The molecule has 0 spiro atoms. The predicted octanol–water partition coefficient (Wildman–Crippen LogP) is 6.02. The summed E-state index contributed by atoms with van der Waals surface area (Å²) in [5, 5.41) is 3.90. The van der Waals surface area contributed by atoms with Crippen LogP contribution < -0.4 is 11.1 Å². The summed E-state index contributed by atoms with van der Waals surface area (Å²) in [5.41, 5.74) is 13.7. The van der Waals surface area contributed by atoms with Gasteiger partial charge >= 0.3 is 0 Å². The fraction of sp³-hybridized carbons (Fsp3) is 0.462. The summed E-state index contributed by atoms with van der Waals surface area (Å²) >= 11 is 1.49. The number of imidazole rings is 1. The Bertz CT molecular complexity index is 1100. The Labute approximate surface area is 194 Å². The van der Waals surface area contributed by atoms with E-state index in [1.54, 1.807) is 6.33 Å². The molecule has 1 heterocycles. The zero-order valence-electron chi connectivity index (χ0n) is 18.5. The third-order valence-corrected chi connectivity index (χ3v) is 8.01. The Hall–Kier alpha value is -2.47. The van der Waals surface area contributed by atoms with Gasteiger partial charge in [0.25, 0.3) is 0 Å². The fourth-order valence-electron chi connectivity index (χ4n) is 5.32. The van der Waals surface area contributed by atoms with Crippen LogP contribution in [-0.4, -0.2) is 20.8 Å². The first-order chi connectivity index (χ1) is 15.7. The Balaban J connectivity index is 1.21. The lowest BCUT2D eigenvalue weighted by molar-refractivity contribution is -0.110. The Morgan fingerprint density at radius 3 is 2.94 bits per heavy atom. The maximum atomic E-state index is 12.6. The fourth-order valence-corrected chi connectivity index (χ4v) is 6.26. The number of nitrogens with two attached hydrogens (primary N) is 1. The second-order valence-corrected chi connectivity index (χ2v) is 10.4. The molecule has 1 atom stereocenters. The van der Waals surface area contributed by atoms with Crippen molar-refractivity contribution in [1.82, 2.24) is 9.97 Å². The van der Waals surface area contributed by atoms with Gasteiger partial charge in [0.05, 0.1) is 23.6 Å². The van der Waals surface area contributed by atoms with Crippen molar-refractivity contribution in [2.45, 2.75) is 63.8 Å². The number of carbonyl (C=O) groups excluding carboxylic acids is 1. The predicted molar refractivity (Wildman–Crippen MR) is 134 cm³/mol. The molecule has 1 fully saturated rings. The lowest BCUT2D eigenvalue weighted by Gasteiger charge is -2.20. The molecule has 2 aliphatic rings. The van der Waals surface area contributed by atoms with E-state index < -0.39 is 0 Å². The molecule has 168 valence electrons. The Morgan fingerprint density at radius 2 is 2.06 bits per heavy atom. The standard InChI is InChI=1S/C26H32N4OS/c27-21-15-20-18(9-10-22(20)30-24-8-4-7-23-26(24)29-16-28-23)13-19(21)14-25(31)32-12-11-17-5-2-1-3-6-17/h4,7-8,13,15-17,22,30H,1-3,5-6,9-12,14,27H2,(H,28,29). The molecule has 0 saturated heterocycles. The molecule has 0 amide bonds. The van der Waals surface area contributed by atoms with Gasteiger partial charge in [0.15, 0.2) is 5.12 Å². The number of hydrogen-bond acceptors (Lipinski definition) is 5. The van der Waals surface area contributed by atoms with Crippen LogP contribution in [-0.2, 0) is 17.6 Å². The molecular formula is C26H32N4OS. The van der Waals surface area contributed by atoms with Crippen LogP contribution in [0.2, 0.25) is 0 Å². The van der Waals surface area contributed by atoms with E-state index in [9.17, 15) is 4.79 Å². The molecular weight excluding hydrogens is 416 g/mol. The molecule has 5 rings (SSSR count). The average Bonchev–Trinajstić information content (AvgIpc) is 3.43.